The third-order valence-corrected chi connectivity index (χ3v) is 2.26. The Hall–Kier alpha value is -1.22. The molecule has 3 heteroatoms. The molecule has 1 aromatic rings. The highest BCUT2D eigenvalue weighted by Crippen LogP contribution is 2.17. The summed E-state index contributed by atoms with van der Waals surface area (Å²) in [5.74, 6) is 0. The molecule has 1 rings (SSSR count). The van der Waals surface area contributed by atoms with Gasteiger partial charge in [0, 0.05) is 17.9 Å². The Bertz CT molecular complexity index is 299. The van der Waals surface area contributed by atoms with E-state index in [2.05, 4.69) is 5.32 Å². The van der Waals surface area contributed by atoms with Gasteiger partial charge in [-0.2, -0.15) is 0 Å². The SMILES string of the molecule is CCC(O)CNc1cc(N)ccc1C. The zero-order chi connectivity index (χ0) is 10.6. The molecule has 0 aromatic heterocycles. The highest BCUT2D eigenvalue weighted by atomic mass is 16.3. The number of hydrogen-bond donors (Lipinski definition) is 3. The van der Waals surface area contributed by atoms with E-state index < -0.39 is 0 Å². The van der Waals surface area contributed by atoms with Crippen LogP contribution < -0.4 is 11.1 Å². The molecule has 0 saturated heterocycles. The highest BCUT2D eigenvalue weighted by molar-refractivity contribution is 5.59. The summed E-state index contributed by atoms with van der Waals surface area (Å²) < 4.78 is 0. The Morgan fingerprint density at radius 2 is 2.21 bits per heavy atom. The normalized spacial score (nSPS) is 12.5. The van der Waals surface area contributed by atoms with E-state index in [1.54, 1.807) is 0 Å². The van der Waals surface area contributed by atoms with Crippen molar-refractivity contribution in [1.82, 2.24) is 0 Å². The van der Waals surface area contributed by atoms with Gasteiger partial charge in [0.2, 0.25) is 0 Å². The fourth-order valence-corrected chi connectivity index (χ4v) is 1.20. The predicted molar refractivity (Wildman–Crippen MR) is 60.4 cm³/mol. The second kappa shape index (κ2) is 4.86. The van der Waals surface area contributed by atoms with Gasteiger partial charge in [0.05, 0.1) is 6.10 Å². The lowest BCUT2D eigenvalue weighted by molar-refractivity contribution is 0.183. The first kappa shape index (κ1) is 10.9. The first-order valence-electron chi connectivity index (χ1n) is 4.91. The van der Waals surface area contributed by atoms with Gasteiger partial charge in [0.15, 0.2) is 0 Å². The maximum atomic E-state index is 9.39. The fraction of sp³-hybridized carbons (Fsp3) is 0.455. The maximum Gasteiger partial charge on any atom is 0.0709 e. The van der Waals surface area contributed by atoms with Crippen LogP contribution in [0.25, 0.3) is 0 Å². The Labute approximate surface area is 84.9 Å². The topological polar surface area (TPSA) is 58.3 Å². The summed E-state index contributed by atoms with van der Waals surface area (Å²) in [5, 5.41) is 12.6. The molecule has 3 nitrogen and oxygen atoms in total. The molecule has 0 amide bonds. The monoisotopic (exact) mass is 194 g/mol. The van der Waals surface area contributed by atoms with Crippen LogP contribution in [0.1, 0.15) is 18.9 Å². The van der Waals surface area contributed by atoms with Gasteiger partial charge < -0.3 is 16.2 Å². The van der Waals surface area contributed by atoms with Crippen LogP contribution in [-0.4, -0.2) is 17.8 Å². The van der Waals surface area contributed by atoms with Crippen molar-refractivity contribution >= 4 is 11.4 Å². The molecule has 0 radical (unpaired) electrons. The summed E-state index contributed by atoms with van der Waals surface area (Å²) in [7, 11) is 0. The lowest BCUT2D eigenvalue weighted by Crippen LogP contribution is -2.18. The van der Waals surface area contributed by atoms with Crippen molar-refractivity contribution in [2.45, 2.75) is 26.4 Å². The number of aliphatic hydroxyl groups excluding tert-OH is 1. The molecule has 0 aliphatic rings. The Morgan fingerprint density at radius 3 is 2.86 bits per heavy atom. The predicted octanol–water partition coefficient (Wildman–Crippen LogP) is 1.76. The van der Waals surface area contributed by atoms with E-state index in [1.165, 1.54) is 0 Å². The van der Waals surface area contributed by atoms with Crippen LogP contribution in [-0.2, 0) is 0 Å². The number of nitrogens with two attached hydrogens (primary N) is 1. The van der Waals surface area contributed by atoms with Crippen LogP contribution in [0, 0.1) is 6.92 Å². The van der Waals surface area contributed by atoms with Crippen LogP contribution in [0.2, 0.25) is 0 Å². The van der Waals surface area contributed by atoms with E-state index >= 15 is 0 Å². The fourth-order valence-electron chi connectivity index (χ4n) is 1.20. The van der Waals surface area contributed by atoms with Gasteiger partial charge in [0.1, 0.15) is 0 Å². The standard InChI is InChI=1S/C11H18N2O/c1-3-10(14)7-13-11-6-9(12)5-4-8(11)2/h4-6,10,13-14H,3,7,12H2,1-2H3. The van der Waals surface area contributed by atoms with Crippen molar-refractivity contribution in [2.24, 2.45) is 0 Å². The van der Waals surface area contributed by atoms with Crippen LogP contribution in [0.15, 0.2) is 18.2 Å². The third-order valence-electron chi connectivity index (χ3n) is 2.26. The average molecular weight is 194 g/mol. The molecule has 4 N–H and O–H groups in total. The van der Waals surface area contributed by atoms with Crippen molar-refractivity contribution in [3.8, 4) is 0 Å². The van der Waals surface area contributed by atoms with Crippen LogP contribution in [0.4, 0.5) is 11.4 Å². The summed E-state index contributed by atoms with van der Waals surface area (Å²) in [6.45, 7) is 4.54. The minimum Gasteiger partial charge on any atom is -0.399 e. The van der Waals surface area contributed by atoms with Crippen molar-refractivity contribution < 1.29 is 5.11 Å². The molecule has 0 aliphatic heterocycles. The number of rotatable bonds is 4. The summed E-state index contributed by atoms with van der Waals surface area (Å²) in [6.07, 6.45) is 0.463. The lowest BCUT2D eigenvalue weighted by Gasteiger charge is -2.13. The summed E-state index contributed by atoms with van der Waals surface area (Å²) in [5.41, 5.74) is 8.54. The minimum absolute atomic E-state index is 0.296. The number of aliphatic hydroxyl groups is 1. The third kappa shape index (κ3) is 2.92. The molecular formula is C11H18N2O. The van der Waals surface area contributed by atoms with E-state index in [0.717, 1.165) is 23.4 Å². The number of hydrogen-bond acceptors (Lipinski definition) is 3. The maximum absolute atomic E-state index is 9.39. The quantitative estimate of drug-likeness (QED) is 0.640. The summed E-state index contributed by atoms with van der Waals surface area (Å²) >= 11 is 0. The zero-order valence-corrected chi connectivity index (χ0v) is 8.75. The molecular weight excluding hydrogens is 176 g/mol. The second-order valence-corrected chi connectivity index (χ2v) is 3.52. The van der Waals surface area contributed by atoms with Gasteiger partial charge in [-0.25, -0.2) is 0 Å². The van der Waals surface area contributed by atoms with Crippen LogP contribution >= 0.6 is 0 Å². The molecule has 1 aromatic carbocycles. The van der Waals surface area contributed by atoms with Crippen LogP contribution in [0.5, 0.6) is 0 Å². The minimum atomic E-state index is -0.296. The molecule has 78 valence electrons. The zero-order valence-electron chi connectivity index (χ0n) is 8.75. The molecule has 14 heavy (non-hydrogen) atoms. The number of benzene rings is 1. The van der Waals surface area contributed by atoms with Gasteiger partial charge in [0.25, 0.3) is 0 Å². The van der Waals surface area contributed by atoms with Gasteiger partial charge in [-0.15, -0.1) is 0 Å². The van der Waals surface area contributed by atoms with Gasteiger partial charge in [-0.1, -0.05) is 13.0 Å². The molecule has 0 aliphatic carbocycles. The van der Waals surface area contributed by atoms with Crippen molar-refractivity contribution in [3.05, 3.63) is 23.8 Å². The van der Waals surface area contributed by atoms with E-state index in [4.69, 9.17) is 5.73 Å². The number of nitrogen functional groups attached to an aromatic ring is 1. The van der Waals surface area contributed by atoms with Gasteiger partial charge >= 0.3 is 0 Å². The van der Waals surface area contributed by atoms with Gasteiger partial charge in [-0.05, 0) is 31.0 Å². The summed E-state index contributed by atoms with van der Waals surface area (Å²) in [6, 6.07) is 5.73. The largest absolute Gasteiger partial charge is 0.399 e. The van der Waals surface area contributed by atoms with Crippen molar-refractivity contribution in [2.75, 3.05) is 17.6 Å². The Kier molecular flexibility index (Phi) is 3.77. The number of anilines is 2. The lowest BCUT2D eigenvalue weighted by atomic mass is 10.1. The molecule has 0 heterocycles. The van der Waals surface area contributed by atoms with E-state index in [-0.39, 0.29) is 6.10 Å². The van der Waals surface area contributed by atoms with Crippen molar-refractivity contribution in [1.29, 1.82) is 0 Å². The van der Waals surface area contributed by atoms with Gasteiger partial charge in [-0.3, -0.25) is 0 Å². The van der Waals surface area contributed by atoms with E-state index in [9.17, 15) is 5.11 Å². The second-order valence-electron chi connectivity index (χ2n) is 3.52. The Balaban J connectivity index is 2.62. The number of aryl methyl sites for hydroxylation is 1. The van der Waals surface area contributed by atoms with Crippen molar-refractivity contribution in [3.63, 3.8) is 0 Å². The average Bonchev–Trinajstić information content (AvgIpc) is 2.19. The smallest absolute Gasteiger partial charge is 0.0709 e. The first-order chi connectivity index (χ1) is 6.63. The molecule has 0 saturated carbocycles. The molecule has 0 bridgehead atoms. The van der Waals surface area contributed by atoms with Crippen LogP contribution in [0.3, 0.4) is 0 Å². The molecule has 1 atom stereocenters. The summed E-state index contributed by atoms with van der Waals surface area (Å²) in [4.78, 5) is 0. The molecule has 0 spiro atoms. The van der Waals surface area contributed by atoms with E-state index in [0.29, 0.717) is 6.54 Å². The van der Waals surface area contributed by atoms with E-state index in [1.807, 2.05) is 32.0 Å². The highest BCUT2D eigenvalue weighted by Gasteiger charge is 2.02. The molecule has 0 fully saturated rings. The number of nitrogens with one attached hydrogen (secondary N) is 1. The molecule has 1 unspecified atom stereocenters. The Morgan fingerprint density at radius 1 is 1.50 bits per heavy atom. The first-order valence-corrected chi connectivity index (χ1v) is 4.91.